The van der Waals surface area contributed by atoms with Gasteiger partial charge in [0.25, 0.3) is 0 Å². The van der Waals surface area contributed by atoms with Gasteiger partial charge in [0.2, 0.25) is 5.91 Å². The molecule has 2 aliphatic rings. The minimum atomic E-state index is -2.28. The Morgan fingerprint density at radius 1 is 1.08 bits per heavy atom. The van der Waals surface area contributed by atoms with E-state index in [1.54, 1.807) is 13.0 Å². The number of benzene rings is 2. The fourth-order valence-electron chi connectivity index (χ4n) is 8.59. The summed E-state index contributed by atoms with van der Waals surface area (Å²) in [6, 6.07) is 11.0. The molecule has 5 aromatic rings. The first-order chi connectivity index (χ1) is 28.3. The van der Waals surface area contributed by atoms with Gasteiger partial charge in [-0.05, 0) is 75.5 Å². The number of phenols is 1. The number of phenolic OH excluding ortho intramolecular Hbond substituents is 1. The normalized spacial score (nSPS) is 21.9. The standard InChI is InChI=1S/C43H54N4O12/c1-4-32-29-10-13-45-31(29)21-47(32)37-39-27(17-30-33(50)15-24(2)57-40(30)37)18-35(43(58-39,12-14-44-3)11-9-26-16-36(52)46-20-26)59-56-23-42(55,41(54)38(53)34(51)22-48)19-25-5-7-28(49)8-6-25/h5-8,10,13,15,17,21,26,34-35,38,41,44-45,48-49,51,53-55H,4,9,11-12,14,16,18-20,22-23H2,1-3H3,(H,46,52)/t26-,34+,35+,38+,41-,42-,43-/m0/s1. The van der Waals surface area contributed by atoms with Crippen molar-refractivity contribution in [1.82, 2.24) is 20.2 Å². The van der Waals surface area contributed by atoms with Gasteiger partial charge >= 0.3 is 0 Å². The third-order valence-electron chi connectivity index (χ3n) is 11.9. The molecule has 2 aliphatic heterocycles. The van der Waals surface area contributed by atoms with Crippen molar-refractivity contribution in [1.29, 1.82) is 0 Å². The van der Waals surface area contributed by atoms with E-state index in [1.807, 2.05) is 30.1 Å². The lowest BCUT2D eigenvalue weighted by Crippen LogP contribution is -2.58. The second-order valence-corrected chi connectivity index (χ2v) is 16.0. The summed E-state index contributed by atoms with van der Waals surface area (Å²) in [7, 11) is 1.82. The van der Waals surface area contributed by atoms with Crippen molar-refractivity contribution in [3.63, 3.8) is 0 Å². The van der Waals surface area contributed by atoms with Gasteiger partial charge in [0.05, 0.1) is 17.5 Å². The number of amides is 1. The molecule has 1 fully saturated rings. The Hall–Kier alpha value is -4.78. The number of rotatable bonds is 18. The van der Waals surface area contributed by atoms with Gasteiger partial charge < -0.3 is 60.0 Å². The Morgan fingerprint density at radius 3 is 2.56 bits per heavy atom. The molecule has 9 N–H and O–H groups in total. The predicted molar refractivity (Wildman–Crippen MR) is 216 cm³/mol. The fourth-order valence-corrected chi connectivity index (χ4v) is 8.59. The van der Waals surface area contributed by atoms with Gasteiger partial charge in [-0.15, -0.1) is 0 Å². The molecule has 7 rings (SSSR count). The topological polar surface area (TPSA) is 241 Å². The summed E-state index contributed by atoms with van der Waals surface area (Å²) in [5.74, 6) is 0.906. The largest absolute Gasteiger partial charge is 0.508 e. The lowest BCUT2D eigenvalue weighted by atomic mass is 9.79. The van der Waals surface area contributed by atoms with Crippen LogP contribution in [0.1, 0.15) is 55.2 Å². The molecule has 0 aliphatic carbocycles. The number of aryl methyl sites for hydroxylation is 2. The molecule has 1 saturated heterocycles. The van der Waals surface area contributed by atoms with E-state index in [1.165, 1.54) is 30.3 Å². The number of H-pyrrole nitrogens is 1. The minimum Gasteiger partial charge on any atom is -0.508 e. The molecule has 0 saturated carbocycles. The lowest BCUT2D eigenvalue weighted by molar-refractivity contribution is -0.373. The van der Waals surface area contributed by atoms with E-state index in [0.717, 1.165) is 16.6 Å². The summed E-state index contributed by atoms with van der Waals surface area (Å²) in [6.07, 6.45) is -0.552. The highest BCUT2D eigenvalue weighted by Gasteiger charge is 2.49. The molecule has 7 atom stereocenters. The zero-order valence-electron chi connectivity index (χ0n) is 33.4. The maximum absolute atomic E-state index is 13.7. The number of aromatic hydroxyl groups is 1. The highest BCUT2D eigenvalue weighted by molar-refractivity contribution is 5.92. The molecule has 2 aromatic carbocycles. The SMILES string of the molecule is CCc1c2cc[nH]c2cn1-c1c2c(cc3c(=O)cc(C)oc13)C[C@@H](OOC[C@@](O)(Cc1ccc(O)cc1)[C@@H](O)[C@H](O)[C@H](O)CO)[C@@](CCNC)(CC[C@@H]1CNC(=O)C1)O2. The van der Waals surface area contributed by atoms with Gasteiger partial charge in [0, 0.05) is 67.3 Å². The summed E-state index contributed by atoms with van der Waals surface area (Å²) in [5, 5.41) is 71.1. The van der Waals surface area contributed by atoms with Gasteiger partial charge in [-0.25, -0.2) is 9.78 Å². The molecule has 5 heterocycles. The van der Waals surface area contributed by atoms with Crippen LogP contribution in [0, 0.1) is 12.8 Å². The molecule has 0 radical (unpaired) electrons. The zero-order chi connectivity index (χ0) is 42.1. The smallest absolute Gasteiger partial charge is 0.220 e. The molecular formula is C43H54N4O12. The fraction of sp³-hybridized carbons (Fsp3) is 0.488. The number of carbonyl (C=O) groups is 1. The van der Waals surface area contributed by atoms with Crippen LogP contribution in [0.3, 0.4) is 0 Å². The van der Waals surface area contributed by atoms with Gasteiger partial charge in [0.1, 0.15) is 59.4 Å². The molecule has 318 valence electrons. The van der Waals surface area contributed by atoms with Crippen LogP contribution in [0.5, 0.6) is 11.5 Å². The summed E-state index contributed by atoms with van der Waals surface area (Å²) in [6.45, 7) is 3.18. The van der Waals surface area contributed by atoms with Gasteiger partial charge in [-0.1, -0.05) is 19.1 Å². The number of nitrogens with one attached hydrogen (secondary N) is 3. The highest BCUT2D eigenvalue weighted by atomic mass is 17.2. The zero-order valence-corrected chi connectivity index (χ0v) is 33.4. The second-order valence-electron chi connectivity index (χ2n) is 16.0. The first kappa shape index (κ1) is 42.3. The molecule has 0 spiro atoms. The van der Waals surface area contributed by atoms with Crippen molar-refractivity contribution in [3.05, 3.63) is 87.7 Å². The first-order valence-electron chi connectivity index (χ1n) is 20.1. The summed E-state index contributed by atoms with van der Waals surface area (Å²) in [5.41, 5.74) is 0.239. The minimum absolute atomic E-state index is 0.0226. The third kappa shape index (κ3) is 8.49. The molecule has 0 bridgehead atoms. The van der Waals surface area contributed by atoms with Crippen molar-refractivity contribution in [3.8, 4) is 17.2 Å². The predicted octanol–water partition coefficient (Wildman–Crippen LogP) is 2.21. The van der Waals surface area contributed by atoms with E-state index in [2.05, 4.69) is 22.5 Å². The summed E-state index contributed by atoms with van der Waals surface area (Å²) >= 11 is 0. The Balaban J connectivity index is 1.32. The molecule has 59 heavy (non-hydrogen) atoms. The van der Waals surface area contributed by atoms with Crippen molar-refractivity contribution < 1.29 is 54.4 Å². The van der Waals surface area contributed by atoms with Gasteiger partial charge in [-0.3, -0.25) is 9.59 Å². The first-order valence-corrected chi connectivity index (χ1v) is 20.1. The van der Waals surface area contributed by atoms with Gasteiger partial charge in [0.15, 0.2) is 16.8 Å². The Kier molecular flexibility index (Phi) is 12.5. The van der Waals surface area contributed by atoms with E-state index >= 15 is 0 Å². The van der Waals surface area contributed by atoms with Crippen molar-refractivity contribution in [2.75, 3.05) is 33.4 Å². The Labute approximate surface area is 340 Å². The number of carbonyl (C=O) groups excluding carboxylic acids is 1. The average Bonchev–Trinajstić information content (AvgIpc) is 3.95. The molecule has 16 nitrogen and oxygen atoms in total. The summed E-state index contributed by atoms with van der Waals surface area (Å²) in [4.78, 5) is 41.4. The van der Waals surface area contributed by atoms with E-state index < -0.39 is 48.8 Å². The van der Waals surface area contributed by atoms with Crippen LogP contribution in [0.25, 0.3) is 27.6 Å². The molecular weight excluding hydrogens is 764 g/mol. The van der Waals surface area contributed by atoms with Crippen LogP contribution in [0.15, 0.2) is 64.1 Å². The maximum atomic E-state index is 13.7. The number of fused-ring (bicyclic) bond motifs is 3. The van der Waals surface area contributed by atoms with Crippen molar-refractivity contribution >= 4 is 27.8 Å². The highest BCUT2D eigenvalue weighted by Crippen LogP contribution is 2.47. The van der Waals surface area contributed by atoms with E-state index in [-0.39, 0.29) is 35.8 Å². The Morgan fingerprint density at radius 2 is 1.86 bits per heavy atom. The van der Waals surface area contributed by atoms with Gasteiger partial charge in [-0.2, -0.15) is 0 Å². The van der Waals surface area contributed by atoms with Crippen LogP contribution < -0.4 is 20.8 Å². The maximum Gasteiger partial charge on any atom is 0.220 e. The number of aromatic nitrogens is 2. The van der Waals surface area contributed by atoms with Crippen LogP contribution in [-0.2, 0) is 33.8 Å². The summed E-state index contributed by atoms with van der Waals surface area (Å²) < 4.78 is 15.7. The van der Waals surface area contributed by atoms with E-state index in [0.29, 0.717) is 84.5 Å². The van der Waals surface area contributed by atoms with E-state index in [9.17, 15) is 40.2 Å². The van der Waals surface area contributed by atoms with Crippen molar-refractivity contribution in [2.45, 2.75) is 94.4 Å². The molecule has 16 heteroatoms. The van der Waals surface area contributed by atoms with E-state index in [4.69, 9.17) is 18.9 Å². The Bertz CT molecular complexity index is 2320. The number of hydrogen-bond donors (Lipinski definition) is 9. The lowest BCUT2D eigenvalue weighted by Gasteiger charge is -2.45. The van der Waals surface area contributed by atoms with Crippen LogP contribution in [-0.4, -0.2) is 115 Å². The number of aromatic amines is 1. The number of aliphatic hydroxyl groups is 5. The van der Waals surface area contributed by atoms with Crippen LogP contribution in [0.4, 0.5) is 0 Å². The number of aliphatic hydroxyl groups excluding tert-OH is 4. The molecule has 1 amide bonds. The number of nitrogens with zero attached hydrogens (tertiary/aromatic N) is 1. The monoisotopic (exact) mass is 818 g/mol. The number of hydrogen-bond acceptors (Lipinski definition) is 13. The number of ether oxygens (including phenoxy) is 1. The average molecular weight is 819 g/mol. The van der Waals surface area contributed by atoms with Crippen LogP contribution >= 0.6 is 0 Å². The van der Waals surface area contributed by atoms with Crippen molar-refractivity contribution in [2.24, 2.45) is 5.92 Å². The van der Waals surface area contributed by atoms with Crippen LogP contribution in [0.2, 0.25) is 0 Å². The molecule has 0 unspecified atom stereocenters. The second kappa shape index (κ2) is 17.4. The third-order valence-corrected chi connectivity index (χ3v) is 11.9. The quantitative estimate of drug-likeness (QED) is 0.0456. The molecule has 3 aromatic heterocycles.